The van der Waals surface area contributed by atoms with Gasteiger partial charge in [-0.2, -0.15) is 0 Å². The molecule has 0 bridgehead atoms. The van der Waals surface area contributed by atoms with Gasteiger partial charge in [-0.3, -0.25) is 0 Å². The molecule has 0 aliphatic heterocycles. The van der Waals surface area contributed by atoms with Gasteiger partial charge in [0.25, 0.3) is 0 Å². The number of hydrogen-bond donors (Lipinski definition) is 1. The lowest BCUT2D eigenvalue weighted by Crippen LogP contribution is -2.20. The minimum atomic E-state index is 0.972. The van der Waals surface area contributed by atoms with Crippen LogP contribution in [0.3, 0.4) is 0 Å². The lowest BCUT2D eigenvalue weighted by molar-refractivity contribution is 0.411. The fourth-order valence-electron chi connectivity index (χ4n) is 4.04. The van der Waals surface area contributed by atoms with Crippen LogP contribution in [-0.4, -0.2) is 12.1 Å². The molecule has 0 spiro atoms. The molecule has 1 N–H and O–H groups in total. The van der Waals surface area contributed by atoms with E-state index in [9.17, 15) is 0 Å². The van der Waals surface area contributed by atoms with E-state index in [4.69, 9.17) is 4.74 Å². The van der Waals surface area contributed by atoms with Crippen molar-refractivity contribution in [3.05, 3.63) is 51.2 Å². The van der Waals surface area contributed by atoms with Gasteiger partial charge >= 0.3 is 0 Å². The Morgan fingerprint density at radius 2 is 1.91 bits per heavy atom. The summed E-state index contributed by atoms with van der Waals surface area (Å²) in [4.78, 5) is 3.73. The summed E-state index contributed by atoms with van der Waals surface area (Å²) in [6.07, 6.45) is 9.79. The van der Waals surface area contributed by atoms with Gasteiger partial charge in [0.1, 0.15) is 5.75 Å². The predicted octanol–water partition coefficient (Wildman–Crippen LogP) is 2.98. The zero-order valence-electron chi connectivity index (χ0n) is 13.5. The summed E-state index contributed by atoms with van der Waals surface area (Å²) in [5, 5.41) is 2.79. The van der Waals surface area contributed by atoms with E-state index in [0.717, 1.165) is 12.2 Å². The van der Waals surface area contributed by atoms with Gasteiger partial charge in [-0.15, -0.1) is 0 Å². The smallest absolute Gasteiger partial charge is 0.121 e. The van der Waals surface area contributed by atoms with Crippen LogP contribution >= 0.6 is 0 Å². The lowest BCUT2D eigenvalue weighted by Gasteiger charge is -2.16. The first-order valence-electron chi connectivity index (χ1n) is 8.36. The Labute approximate surface area is 131 Å². The number of aromatic nitrogens is 1. The van der Waals surface area contributed by atoms with Gasteiger partial charge in [0.15, 0.2) is 0 Å². The maximum absolute atomic E-state index is 5.40. The molecule has 2 aliphatic carbocycles. The molecule has 4 rings (SSSR count). The summed E-state index contributed by atoms with van der Waals surface area (Å²) in [5.41, 5.74) is 7.21. The summed E-state index contributed by atoms with van der Waals surface area (Å²) >= 11 is 0. The van der Waals surface area contributed by atoms with Crippen molar-refractivity contribution in [2.24, 2.45) is 0 Å². The van der Waals surface area contributed by atoms with Crippen LogP contribution < -0.4 is 15.4 Å². The average Bonchev–Trinajstić information content (AvgIpc) is 2.93. The Balaban J connectivity index is 1.94. The largest absolute Gasteiger partial charge is 0.496 e. The molecule has 2 aromatic rings. The molecule has 0 amide bonds. The molecule has 0 unspecified atom stereocenters. The number of aromatic amines is 1. The lowest BCUT2D eigenvalue weighted by atomic mass is 9.88. The van der Waals surface area contributed by atoms with Gasteiger partial charge in [0.2, 0.25) is 0 Å². The summed E-state index contributed by atoms with van der Waals surface area (Å²) in [6.45, 7) is 2.13. The van der Waals surface area contributed by atoms with Gasteiger partial charge in [0.05, 0.1) is 7.11 Å². The molecular formula is C20H23NO. The first kappa shape index (κ1) is 13.7. The van der Waals surface area contributed by atoms with Crippen LogP contribution in [0, 0.1) is 6.92 Å². The highest BCUT2D eigenvalue weighted by molar-refractivity contribution is 5.68. The monoisotopic (exact) mass is 293 g/mol. The minimum absolute atomic E-state index is 0.972. The van der Waals surface area contributed by atoms with Crippen molar-refractivity contribution in [2.45, 2.75) is 45.4 Å². The van der Waals surface area contributed by atoms with Crippen molar-refractivity contribution in [1.29, 1.82) is 0 Å². The number of benzene rings is 1. The van der Waals surface area contributed by atoms with E-state index < -0.39 is 0 Å². The summed E-state index contributed by atoms with van der Waals surface area (Å²) in [7, 11) is 1.74. The number of aryl methyl sites for hydroxylation is 1. The minimum Gasteiger partial charge on any atom is -0.496 e. The molecule has 1 aromatic carbocycles. The molecule has 0 fully saturated rings. The Kier molecular flexibility index (Phi) is 3.33. The summed E-state index contributed by atoms with van der Waals surface area (Å²) in [5.74, 6) is 0.972. The SMILES string of the molecule is COc1ccc(C2=c3[nH]c4c(c3CCC2)CCCC=4)cc1C. The number of nitrogens with one attached hydrogen (secondary N) is 1. The van der Waals surface area contributed by atoms with Gasteiger partial charge in [-0.05, 0) is 85.4 Å². The van der Waals surface area contributed by atoms with Crippen molar-refractivity contribution in [1.82, 2.24) is 4.98 Å². The van der Waals surface area contributed by atoms with E-state index in [2.05, 4.69) is 36.2 Å². The second kappa shape index (κ2) is 5.35. The Hall–Kier alpha value is -1.96. The van der Waals surface area contributed by atoms with Gasteiger partial charge in [0, 0.05) is 10.7 Å². The van der Waals surface area contributed by atoms with Crippen LogP contribution in [0.15, 0.2) is 18.2 Å². The molecular weight excluding hydrogens is 270 g/mol. The highest BCUT2D eigenvalue weighted by Crippen LogP contribution is 2.27. The highest BCUT2D eigenvalue weighted by atomic mass is 16.5. The number of hydrogen-bond acceptors (Lipinski definition) is 1. The molecule has 2 nitrogen and oxygen atoms in total. The molecule has 0 saturated heterocycles. The van der Waals surface area contributed by atoms with Crippen LogP contribution in [0.4, 0.5) is 0 Å². The van der Waals surface area contributed by atoms with Crippen LogP contribution in [0.2, 0.25) is 0 Å². The van der Waals surface area contributed by atoms with E-state index in [1.807, 2.05) is 0 Å². The number of fused-ring (bicyclic) bond motifs is 3. The molecule has 0 atom stereocenters. The molecule has 22 heavy (non-hydrogen) atoms. The summed E-state index contributed by atoms with van der Waals surface area (Å²) < 4.78 is 5.40. The molecule has 0 radical (unpaired) electrons. The molecule has 0 saturated carbocycles. The molecule has 1 heterocycles. The van der Waals surface area contributed by atoms with E-state index in [1.54, 1.807) is 18.2 Å². The predicted molar refractivity (Wildman–Crippen MR) is 90.6 cm³/mol. The summed E-state index contributed by atoms with van der Waals surface area (Å²) in [6, 6.07) is 6.58. The van der Waals surface area contributed by atoms with Crippen molar-refractivity contribution in [2.75, 3.05) is 7.11 Å². The molecule has 1 aromatic heterocycles. The first-order chi connectivity index (χ1) is 10.8. The highest BCUT2D eigenvalue weighted by Gasteiger charge is 2.19. The Morgan fingerprint density at radius 1 is 1.05 bits per heavy atom. The third kappa shape index (κ3) is 2.09. The Morgan fingerprint density at radius 3 is 2.73 bits per heavy atom. The number of methoxy groups -OCH3 is 1. The number of H-pyrrole nitrogens is 1. The number of rotatable bonds is 2. The van der Waals surface area contributed by atoms with Gasteiger partial charge in [-0.25, -0.2) is 0 Å². The number of ether oxygens (including phenoxy) is 1. The maximum Gasteiger partial charge on any atom is 0.121 e. The third-order valence-electron chi connectivity index (χ3n) is 5.13. The van der Waals surface area contributed by atoms with Crippen LogP contribution in [0.1, 0.15) is 47.9 Å². The average molecular weight is 293 g/mol. The fraction of sp³-hybridized carbons (Fsp3) is 0.400. The molecule has 2 aliphatic rings. The topological polar surface area (TPSA) is 25.0 Å². The van der Waals surface area contributed by atoms with Gasteiger partial charge in [-0.1, -0.05) is 12.1 Å². The zero-order valence-corrected chi connectivity index (χ0v) is 13.5. The van der Waals surface area contributed by atoms with Crippen LogP contribution in [0.25, 0.3) is 11.6 Å². The van der Waals surface area contributed by atoms with Crippen molar-refractivity contribution in [3.8, 4) is 5.75 Å². The van der Waals surface area contributed by atoms with Crippen LogP contribution in [-0.2, 0) is 12.8 Å². The third-order valence-corrected chi connectivity index (χ3v) is 5.13. The quantitative estimate of drug-likeness (QED) is 0.904. The van der Waals surface area contributed by atoms with Crippen molar-refractivity contribution in [3.63, 3.8) is 0 Å². The standard InChI is InChI=1S/C20H23NO/c1-13-12-14(10-11-19(13)22-2)15-7-5-8-17-16-6-3-4-9-18(16)21-20(15)17/h9-12,21H,3-8H2,1-2H3. The van der Waals surface area contributed by atoms with Gasteiger partial charge < -0.3 is 9.72 Å². The van der Waals surface area contributed by atoms with E-state index in [0.29, 0.717) is 0 Å². The van der Waals surface area contributed by atoms with E-state index >= 15 is 0 Å². The second-order valence-corrected chi connectivity index (χ2v) is 6.48. The van der Waals surface area contributed by atoms with Crippen LogP contribution in [0.5, 0.6) is 5.75 Å². The normalized spacial score (nSPS) is 16.7. The van der Waals surface area contributed by atoms with E-state index in [-0.39, 0.29) is 0 Å². The zero-order chi connectivity index (χ0) is 15.1. The first-order valence-corrected chi connectivity index (χ1v) is 8.36. The van der Waals surface area contributed by atoms with E-state index in [1.165, 1.54) is 59.5 Å². The second-order valence-electron chi connectivity index (χ2n) is 6.48. The maximum atomic E-state index is 5.40. The van der Waals surface area contributed by atoms with Crippen molar-refractivity contribution < 1.29 is 4.74 Å². The van der Waals surface area contributed by atoms with Crippen molar-refractivity contribution >= 4 is 11.6 Å². The Bertz CT molecular complexity index is 841. The molecule has 114 valence electrons. The fourth-order valence-corrected chi connectivity index (χ4v) is 4.04. The molecule has 2 heteroatoms.